The molecule has 1 aromatic rings. The standard InChI is InChI=1S/C9H13N5O3S/c1-4(7(16)14-8(17)11-2)18-9-12-5(10)3-6(15)13-9/h3-4H,1-2H3,(H3,10,12,13,15)(H2,11,14,16,17). The van der Waals surface area contributed by atoms with Gasteiger partial charge in [0.25, 0.3) is 5.56 Å². The van der Waals surface area contributed by atoms with Crippen molar-refractivity contribution in [1.82, 2.24) is 20.6 Å². The quantitative estimate of drug-likeness (QED) is 0.424. The van der Waals surface area contributed by atoms with Crippen LogP contribution in [0.3, 0.4) is 0 Å². The molecule has 0 saturated heterocycles. The van der Waals surface area contributed by atoms with E-state index in [9.17, 15) is 14.4 Å². The zero-order valence-corrected chi connectivity index (χ0v) is 10.6. The van der Waals surface area contributed by atoms with Crippen molar-refractivity contribution in [3.05, 3.63) is 16.4 Å². The molecule has 1 heterocycles. The van der Waals surface area contributed by atoms with E-state index in [1.165, 1.54) is 7.05 Å². The van der Waals surface area contributed by atoms with Crippen LogP contribution in [0.2, 0.25) is 0 Å². The Balaban J connectivity index is 2.69. The lowest BCUT2D eigenvalue weighted by molar-refractivity contribution is -0.119. The summed E-state index contributed by atoms with van der Waals surface area (Å²) in [6.07, 6.45) is 0. The maximum absolute atomic E-state index is 11.5. The zero-order chi connectivity index (χ0) is 13.7. The number of imide groups is 1. The van der Waals surface area contributed by atoms with Gasteiger partial charge >= 0.3 is 6.03 Å². The Morgan fingerprint density at radius 3 is 2.78 bits per heavy atom. The average Bonchev–Trinajstić information content (AvgIpc) is 2.27. The molecule has 0 bridgehead atoms. The van der Waals surface area contributed by atoms with E-state index in [0.717, 1.165) is 17.8 Å². The third kappa shape index (κ3) is 4.09. The van der Waals surface area contributed by atoms with Crippen molar-refractivity contribution in [3.8, 4) is 0 Å². The van der Waals surface area contributed by atoms with Gasteiger partial charge in [-0.2, -0.15) is 0 Å². The van der Waals surface area contributed by atoms with Gasteiger partial charge in [-0.1, -0.05) is 11.8 Å². The fraction of sp³-hybridized carbons (Fsp3) is 0.333. The van der Waals surface area contributed by atoms with Crippen LogP contribution in [0.5, 0.6) is 0 Å². The Morgan fingerprint density at radius 1 is 1.56 bits per heavy atom. The van der Waals surface area contributed by atoms with E-state index in [2.05, 4.69) is 20.6 Å². The molecule has 0 aliphatic heterocycles. The molecule has 9 heteroatoms. The van der Waals surface area contributed by atoms with Crippen molar-refractivity contribution in [2.75, 3.05) is 12.8 Å². The molecule has 0 fully saturated rings. The molecule has 98 valence electrons. The number of aromatic nitrogens is 2. The van der Waals surface area contributed by atoms with Crippen LogP contribution in [-0.4, -0.2) is 34.2 Å². The number of H-pyrrole nitrogens is 1. The predicted molar refractivity (Wildman–Crippen MR) is 67.2 cm³/mol. The van der Waals surface area contributed by atoms with Gasteiger partial charge in [-0.25, -0.2) is 9.78 Å². The minimum Gasteiger partial charge on any atom is -0.383 e. The fourth-order valence-electron chi connectivity index (χ4n) is 1.01. The topological polar surface area (TPSA) is 130 Å². The second-order valence-corrected chi connectivity index (χ2v) is 4.63. The zero-order valence-electron chi connectivity index (χ0n) is 9.81. The van der Waals surface area contributed by atoms with Crippen molar-refractivity contribution in [2.45, 2.75) is 17.3 Å². The number of carbonyl (C=O) groups is 2. The van der Waals surface area contributed by atoms with Gasteiger partial charge in [0.05, 0.1) is 5.25 Å². The summed E-state index contributed by atoms with van der Waals surface area (Å²) in [7, 11) is 1.40. The van der Waals surface area contributed by atoms with E-state index in [0.29, 0.717) is 0 Å². The first-order chi connectivity index (χ1) is 8.42. The number of hydrogen-bond donors (Lipinski definition) is 4. The molecular formula is C9H13N5O3S. The SMILES string of the molecule is CNC(=O)NC(=O)C(C)Sc1nc(N)cc(=O)[nH]1. The molecule has 1 atom stereocenters. The highest BCUT2D eigenvalue weighted by Crippen LogP contribution is 2.18. The van der Waals surface area contributed by atoms with Crippen molar-refractivity contribution >= 4 is 29.5 Å². The number of carbonyl (C=O) groups excluding carboxylic acids is 2. The van der Waals surface area contributed by atoms with Gasteiger partial charge in [-0.3, -0.25) is 14.9 Å². The molecule has 18 heavy (non-hydrogen) atoms. The van der Waals surface area contributed by atoms with Gasteiger partial charge in [0.2, 0.25) is 5.91 Å². The lowest BCUT2D eigenvalue weighted by Crippen LogP contribution is -2.41. The summed E-state index contributed by atoms with van der Waals surface area (Å²) >= 11 is 0.994. The Labute approximate surface area is 107 Å². The molecule has 0 aliphatic rings. The molecule has 0 spiro atoms. The number of nitrogen functional groups attached to an aromatic ring is 1. The highest BCUT2D eigenvalue weighted by molar-refractivity contribution is 8.00. The summed E-state index contributed by atoms with van der Waals surface area (Å²) < 4.78 is 0. The van der Waals surface area contributed by atoms with Crippen LogP contribution in [-0.2, 0) is 4.79 Å². The first kappa shape index (κ1) is 14.0. The summed E-state index contributed by atoms with van der Waals surface area (Å²) in [5.74, 6) is -0.426. The second kappa shape index (κ2) is 6.05. The van der Waals surface area contributed by atoms with Crippen LogP contribution >= 0.6 is 11.8 Å². The van der Waals surface area contributed by atoms with E-state index in [4.69, 9.17) is 5.73 Å². The van der Waals surface area contributed by atoms with E-state index < -0.39 is 22.7 Å². The van der Waals surface area contributed by atoms with Gasteiger partial charge in [-0.15, -0.1) is 0 Å². The molecule has 0 aromatic carbocycles. The van der Waals surface area contributed by atoms with E-state index >= 15 is 0 Å². The lowest BCUT2D eigenvalue weighted by Gasteiger charge is -2.10. The van der Waals surface area contributed by atoms with Gasteiger partial charge in [-0.05, 0) is 6.92 Å². The van der Waals surface area contributed by atoms with Gasteiger partial charge < -0.3 is 16.0 Å². The predicted octanol–water partition coefficient (Wildman–Crippen LogP) is -0.712. The number of anilines is 1. The first-order valence-corrected chi connectivity index (χ1v) is 5.86. The number of urea groups is 1. The van der Waals surface area contributed by atoms with Crippen LogP contribution in [0, 0.1) is 0 Å². The first-order valence-electron chi connectivity index (χ1n) is 4.98. The third-order valence-electron chi connectivity index (χ3n) is 1.86. The summed E-state index contributed by atoms with van der Waals surface area (Å²) in [5, 5.41) is 3.99. The van der Waals surface area contributed by atoms with Crippen LogP contribution in [0.1, 0.15) is 6.92 Å². The van der Waals surface area contributed by atoms with Crippen molar-refractivity contribution in [3.63, 3.8) is 0 Å². The van der Waals surface area contributed by atoms with Crippen molar-refractivity contribution in [2.24, 2.45) is 0 Å². The maximum Gasteiger partial charge on any atom is 0.321 e. The Morgan fingerprint density at radius 2 is 2.22 bits per heavy atom. The number of nitrogens with zero attached hydrogens (tertiary/aromatic N) is 1. The monoisotopic (exact) mass is 271 g/mol. The lowest BCUT2D eigenvalue weighted by atomic mass is 10.4. The molecule has 1 aromatic heterocycles. The third-order valence-corrected chi connectivity index (χ3v) is 2.85. The molecule has 3 amide bonds. The highest BCUT2D eigenvalue weighted by Gasteiger charge is 2.17. The molecule has 0 saturated carbocycles. The molecule has 5 N–H and O–H groups in total. The number of rotatable bonds is 3. The molecule has 1 rings (SSSR count). The molecule has 1 unspecified atom stereocenters. The summed E-state index contributed by atoms with van der Waals surface area (Å²) in [5.41, 5.74) is 5.01. The number of amides is 3. The molecular weight excluding hydrogens is 258 g/mol. The summed E-state index contributed by atoms with van der Waals surface area (Å²) in [4.78, 5) is 39.9. The Hall–Kier alpha value is -2.03. The Bertz CT molecular complexity index is 515. The summed E-state index contributed by atoms with van der Waals surface area (Å²) in [6, 6.07) is 0.542. The summed E-state index contributed by atoms with van der Waals surface area (Å²) in [6.45, 7) is 1.58. The minimum atomic E-state index is -0.604. The minimum absolute atomic E-state index is 0.0696. The average molecular weight is 271 g/mol. The van der Waals surface area contributed by atoms with Crippen LogP contribution in [0.4, 0.5) is 10.6 Å². The molecule has 0 aliphatic carbocycles. The van der Waals surface area contributed by atoms with Gasteiger partial charge in [0.15, 0.2) is 5.16 Å². The van der Waals surface area contributed by atoms with Gasteiger partial charge in [0, 0.05) is 13.1 Å². The van der Waals surface area contributed by atoms with Gasteiger partial charge in [0.1, 0.15) is 5.82 Å². The van der Waals surface area contributed by atoms with E-state index in [-0.39, 0.29) is 11.0 Å². The largest absolute Gasteiger partial charge is 0.383 e. The number of aromatic amines is 1. The van der Waals surface area contributed by atoms with Crippen LogP contribution < -0.4 is 21.9 Å². The number of thioether (sulfide) groups is 1. The van der Waals surface area contributed by atoms with E-state index in [1.807, 2.05) is 0 Å². The highest BCUT2D eigenvalue weighted by atomic mass is 32.2. The van der Waals surface area contributed by atoms with Crippen LogP contribution in [0.15, 0.2) is 16.0 Å². The number of nitrogens with one attached hydrogen (secondary N) is 3. The van der Waals surface area contributed by atoms with E-state index in [1.54, 1.807) is 6.92 Å². The molecule has 0 radical (unpaired) electrons. The van der Waals surface area contributed by atoms with Crippen molar-refractivity contribution in [1.29, 1.82) is 0 Å². The van der Waals surface area contributed by atoms with Crippen LogP contribution in [0.25, 0.3) is 0 Å². The number of hydrogen-bond acceptors (Lipinski definition) is 6. The molecule has 8 nitrogen and oxygen atoms in total. The fourth-order valence-corrected chi connectivity index (χ4v) is 1.82. The second-order valence-electron chi connectivity index (χ2n) is 3.30. The smallest absolute Gasteiger partial charge is 0.321 e. The Kier molecular flexibility index (Phi) is 4.72. The normalized spacial score (nSPS) is 11.7. The maximum atomic E-state index is 11.5. The number of nitrogens with two attached hydrogens (primary N) is 1. The van der Waals surface area contributed by atoms with Crippen molar-refractivity contribution < 1.29 is 9.59 Å².